The van der Waals surface area contributed by atoms with Gasteiger partial charge in [-0.2, -0.15) is 0 Å². The van der Waals surface area contributed by atoms with E-state index in [0.29, 0.717) is 12.3 Å². The zero-order chi connectivity index (χ0) is 11.4. The van der Waals surface area contributed by atoms with Gasteiger partial charge < -0.3 is 21.3 Å². The fraction of sp³-hybridized carbons (Fsp3) is 0.778. The Hall–Kier alpha value is -1.30. The van der Waals surface area contributed by atoms with E-state index < -0.39 is 24.1 Å². The van der Waals surface area contributed by atoms with Crippen LogP contribution >= 0.6 is 0 Å². The maximum absolute atomic E-state index is 10.7. The first kappa shape index (κ1) is 11.8. The molecule has 0 aromatic carbocycles. The Balaban J connectivity index is 2.50. The molecule has 2 unspecified atom stereocenters. The Morgan fingerprint density at radius 2 is 2.07 bits per heavy atom. The quantitative estimate of drug-likeness (QED) is 0.503. The minimum Gasteiger partial charge on any atom is -0.465 e. The van der Waals surface area contributed by atoms with Crippen molar-refractivity contribution < 1.29 is 19.8 Å². The van der Waals surface area contributed by atoms with Gasteiger partial charge in [0.05, 0.1) is 6.04 Å². The highest BCUT2D eigenvalue weighted by Crippen LogP contribution is 2.31. The van der Waals surface area contributed by atoms with Crippen molar-refractivity contribution in [3.05, 3.63) is 0 Å². The maximum atomic E-state index is 10.7. The van der Waals surface area contributed by atoms with E-state index in [1.807, 2.05) is 0 Å². The molecule has 5 N–H and O–H groups in total. The van der Waals surface area contributed by atoms with E-state index in [1.165, 1.54) is 0 Å². The Morgan fingerprint density at radius 3 is 2.40 bits per heavy atom. The lowest BCUT2D eigenvalue weighted by atomic mass is 9.80. The fourth-order valence-corrected chi connectivity index (χ4v) is 1.71. The van der Waals surface area contributed by atoms with Crippen LogP contribution in [0.15, 0.2) is 0 Å². The van der Waals surface area contributed by atoms with Crippen LogP contribution in [-0.2, 0) is 4.79 Å². The first-order valence-corrected chi connectivity index (χ1v) is 4.97. The second kappa shape index (κ2) is 4.97. The van der Waals surface area contributed by atoms with Gasteiger partial charge in [0, 0.05) is 0 Å². The van der Waals surface area contributed by atoms with E-state index in [4.69, 9.17) is 10.8 Å². The third-order valence-corrected chi connectivity index (χ3v) is 2.79. The summed E-state index contributed by atoms with van der Waals surface area (Å²) in [5.41, 5.74) is 4.93. The number of carbonyl (C=O) groups is 2. The summed E-state index contributed by atoms with van der Waals surface area (Å²) in [5.74, 6) is -0.510. The number of aliphatic hydroxyl groups excluding tert-OH is 1. The van der Waals surface area contributed by atoms with Gasteiger partial charge in [-0.05, 0) is 12.3 Å². The molecule has 0 saturated heterocycles. The number of hydrogen-bond donors (Lipinski definition) is 4. The molecule has 1 rings (SSSR count). The van der Waals surface area contributed by atoms with Crippen LogP contribution in [0.5, 0.6) is 0 Å². The molecule has 0 aromatic rings. The van der Waals surface area contributed by atoms with Gasteiger partial charge in [0.15, 0.2) is 6.10 Å². The fourth-order valence-electron chi connectivity index (χ4n) is 1.71. The monoisotopic (exact) mass is 216 g/mol. The van der Waals surface area contributed by atoms with Crippen molar-refractivity contribution in [1.29, 1.82) is 0 Å². The average molecular weight is 216 g/mol. The summed E-state index contributed by atoms with van der Waals surface area (Å²) < 4.78 is 0. The van der Waals surface area contributed by atoms with Gasteiger partial charge in [-0.25, -0.2) is 4.79 Å². The SMILES string of the molecule is NC(=O)C(O)C(CC1CCC1)NC(=O)O. The number of amides is 2. The standard InChI is InChI=1S/C9H16N2O4/c10-8(13)7(12)6(11-9(14)15)4-5-2-1-3-5/h5-7,11-12H,1-4H2,(H2,10,13)(H,14,15). The van der Waals surface area contributed by atoms with Gasteiger partial charge in [-0.1, -0.05) is 19.3 Å². The molecular formula is C9H16N2O4. The van der Waals surface area contributed by atoms with E-state index in [2.05, 4.69) is 5.32 Å². The summed E-state index contributed by atoms with van der Waals surface area (Å²) in [6.45, 7) is 0. The van der Waals surface area contributed by atoms with Crippen LogP contribution in [-0.4, -0.2) is 34.4 Å². The maximum Gasteiger partial charge on any atom is 0.404 e. The van der Waals surface area contributed by atoms with E-state index >= 15 is 0 Å². The third kappa shape index (κ3) is 3.39. The molecule has 0 heterocycles. The predicted octanol–water partition coefficient (Wildman–Crippen LogP) is -0.341. The molecule has 0 radical (unpaired) electrons. The van der Waals surface area contributed by atoms with Gasteiger partial charge >= 0.3 is 6.09 Å². The van der Waals surface area contributed by atoms with E-state index in [0.717, 1.165) is 19.3 Å². The number of rotatable bonds is 5. The molecule has 86 valence electrons. The van der Waals surface area contributed by atoms with Crippen LogP contribution in [0.2, 0.25) is 0 Å². The van der Waals surface area contributed by atoms with Crippen molar-refractivity contribution in [2.45, 2.75) is 37.8 Å². The van der Waals surface area contributed by atoms with E-state index in [-0.39, 0.29) is 0 Å². The van der Waals surface area contributed by atoms with Crippen LogP contribution in [0, 0.1) is 5.92 Å². The number of carbonyl (C=O) groups excluding carboxylic acids is 1. The Bertz CT molecular complexity index is 252. The summed E-state index contributed by atoms with van der Waals surface area (Å²) in [6.07, 6.45) is 0.932. The highest BCUT2D eigenvalue weighted by molar-refractivity contribution is 5.80. The smallest absolute Gasteiger partial charge is 0.404 e. The summed E-state index contributed by atoms with van der Waals surface area (Å²) >= 11 is 0. The minimum absolute atomic E-state index is 0.385. The molecular weight excluding hydrogens is 200 g/mol. The predicted molar refractivity (Wildman–Crippen MR) is 52.1 cm³/mol. The van der Waals surface area contributed by atoms with Gasteiger partial charge in [0.25, 0.3) is 0 Å². The first-order chi connectivity index (χ1) is 7.00. The Labute approximate surface area is 87.5 Å². The molecule has 1 aliphatic rings. The molecule has 6 nitrogen and oxygen atoms in total. The summed E-state index contributed by atoms with van der Waals surface area (Å²) in [5, 5.41) is 20.1. The minimum atomic E-state index is -1.44. The van der Waals surface area contributed by atoms with Crippen LogP contribution < -0.4 is 11.1 Å². The van der Waals surface area contributed by atoms with E-state index in [1.54, 1.807) is 0 Å². The molecule has 15 heavy (non-hydrogen) atoms. The van der Waals surface area contributed by atoms with Crippen molar-refractivity contribution in [3.63, 3.8) is 0 Å². The van der Waals surface area contributed by atoms with Gasteiger partial charge in [0.2, 0.25) is 5.91 Å². The van der Waals surface area contributed by atoms with Gasteiger partial charge in [0.1, 0.15) is 0 Å². The van der Waals surface area contributed by atoms with Crippen molar-refractivity contribution >= 4 is 12.0 Å². The lowest BCUT2D eigenvalue weighted by Crippen LogP contribution is -2.50. The normalized spacial score (nSPS) is 20.1. The molecule has 6 heteroatoms. The number of hydrogen-bond acceptors (Lipinski definition) is 3. The average Bonchev–Trinajstić information content (AvgIpc) is 2.07. The Kier molecular flexibility index (Phi) is 3.90. The number of nitrogens with one attached hydrogen (secondary N) is 1. The molecule has 1 saturated carbocycles. The molecule has 1 aliphatic carbocycles. The van der Waals surface area contributed by atoms with Gasteiger partial charge in [-0.3, -0.25) is 4.79 Å². The van der Waals surface area contributed by atoms with Crippen molar-refractivity contribution in [2.24, 2.45) is 11.7 Å². The highest BCUT2D eigenvalue weighted by Gasteiger charge is 2.30. The molecule has 0 spiro atoms. The lowest BCUT2D eigenvalue weighted by Gasteiger charge is -2.30. The zero-order valence-electron chi connectivity index (χ0n) is 8.35. The molecule has 0 aliphatic heterocycles. The third-order valence-electron chi connectivity index (χ3n) is 2.79. The molecule has 2 amide bonds. The second-order valence-electron chi connectivity index (χ2n) is 3.94. The summed E-state index contributed by atoms with van der Waals surface area (Å²) in [6, 6.07) is -0.787. The van der Waals surface area contributed by atoms with Crippen LogP contribution in [0.25, 0.3) is 0 Å². The highest BCUT2D eigenvalue weighted by atomic mass is 16.4. The Morgan fingerprint density at radius 1 is 1.47 bits per heavy atom. The molecule has 1 fully saturated rings. The van der Waals surface area contributed by atoms with Crippen LogP contribution in [0.4, 0.5) is 4.79 Å². The second-order valence-corrected chi connectivity index (χ2v) is 3.94. The summed E-state index contributed by atoms with van der Waals surface area (Å²) in [7, 11) is 0. The van der Waals surface area contributed by atoms with Crippen LogP contribution in [0.3, 0.4) is 0 Å². The lowest BCUT2D eigenvalue weighted by molar-refractivity contribution is -0.127. The first-order valence-electron chi connectivity index (χ1n) is 4.97. The van der Waals surface area contributed by atoms with Crippen molar-refractivity contribution in [2.75, 3.05) is 0 Å². The van der Waals surface area contributed by atoms with Crippen molar-refractivity contribution in [3.8, 4) is 0 Å². The number of nitrogens with two attached hydrogens (primary N) is 1. The summed E-state index contributed by atoms with van der Waals surface area (Å²) in [4.78, 5) is 21.2. The number of carboxylic acid groups (broad SMARTS) is 1. The molecule has 0 bridgehead atoms. The topological polar surface area (TPSA) is 113 Å². The van der Waals surface area contributed by atoms with Gasteiger partial charge in [-0.15, -0.1) is 0 Å². The van der Waals surface area contributed by atoms with Crippen molar-refractivity contribution in [1.82, 2.24) is 5.32 Å². The largest absolute Gasteiger partial charge is 0.465 e. The number of primary amides is 1. The molecule has 2 atom stereocenters. The number of aliphatic hydroxyl groups is 1. The van der Waals surface area contributed by atoms with Crippen LogP contribution in [0.1, 0.15) is 25.7 Å². The molecule has 0 aromatic heterocycles. The zero-order valence-corrected chi connectivity index (χ0v) is 8.35. The van der Waals surface area contributed by atoms with E-state index in [9.17, 15) is 14.7 Å².